The highest BCUT2D eigenvalue weighted by Crippen LogP contribution is 2.19. The summed E-state index contributed by atoms with van der Waals surface area (Å²) in [5.41, 5.74) is 0. The summed E-state index contributed by atoms with van der Waals surface area (Å²) >= 11 is 0. The van der Waals surface area contributed by atoms with Gasteiger partial charge in [-0.2, -0.15) is 0 Å². The van der Waals surface area contributed by atoms with Crippen molar-refractivity contribution in [2.75, 3.05) is 31.9 Å². The molecule has 0 aromatic carbocycles. The summed E-state index contributed by atoms with van der Waals surface area (Å²) in [4.78, 5) is 12.0. The summed E-state index contributed by atoms with van der Waals surface area (Å²) in [6.45, 7) is 4.53. The molecule has 7 heteroatoms. The Kier molecular flexibility index (Phi) is 6.01. The van der Waals surface area contributed by atoms with E-state index in [1.165, 1.54) is 0 Å². The van der Waals surface area contributed by atoms with Gasteiger partial charge in [-0.05, 0) is 44.6 Å². The minimum Gasteiger partial charge on any atom is -0.354 e. The topological polar surface area (TPSA) is 78.5 Å². The molecule has 122 valence electrons. The Morgan fingerprint density at radius 1 is 1.33 bits per heavy atom. The average molecular weight is 317 g/mol. The number of sulfonamides is 1. The van der Waals surface area contributed by atoms with E-state index in [0.29, 0.717) is 26.1 Å². The number of rotatable bonds is 6. The van der Waals surface area contributed by atoms with E-state index in [4.69, 9.17) is 0 Å². The molecule has 0 bridgehead atoms. The molecule has 2 fully saturated rings. The van der Waals surface area contributed by atoms with E-state index in [0.717, 1.165) is 32.2 Å². The van der Waals surface area contributed by atoms with Crippen LogP contribution in [0.5, 0.6) is 0 Å². The maximum atomic E-state index is 12.1. The molecule has 2 atom stereocenters. The first-order valence-electron chi connectivity index (χ1n) is 8.02. The fraction of sp³-hybridized carbons (Fsp3) is 0.929. The summed E-state index contributed by atoms with van der Waals surface area (Å²) in [5.74, 6) is 0.509. The minimum absolute atomic E-state index is 0.0565. The molecule has 2 N–H and O–H groups in total. The van der Waals surface area contributed by atoms with Gasteiger partial charge < -0.3 is 10.6 Å². The highest BCUT2D eigenvalue weighted by atomic mass is 32.2. The Morgan fingerprint density at radius 3 is 2.81 bits per heavy atom. The van der Waals surface area contributed by atoms with Gasteiger partial charge in [0.2, 0.25) is 15.9 Å². The standard InChI is InChI=1S/C14H27N3O3S/c1-2-9-21(19,20)17-8-4-5-12(11-17)10-16-14(18)13-6-3-7-15-13/h12-13,15H,2-11H2,1H3,(H,16,18). The van der Waals surface area contributed by atoms with Gasteiger partial charge in [0.15, 0.2) is 0 Å². The molecule has 6 nitrogen and oxygen atoms in total. The Balaban J connectivity index is 1.80. The van der Waals surface area contributed by atoms with E-state index < -0.39 is 10.0 Å². The Labute approximate surface area is 127 Å². The second-order valence-electron chi connectivity index (χ2n) is 6.08. The Bertz CT molecular complexity index is 446. The second kappa shape index (κ2) is 7.56. The highest BCUT2D eigenvalue weighted by molar-refractivity contribution is 7.89. The van der Waals surface area contributed by atoms with Crippen molar-refractivity contribution in [3.63, 3.8) is 0 Å². The molecule has 0 spiro atoms. The normalized spacial score (nSPS) is 27.7. The van der Waals surface area contributed by atoms with Gasteiger partial charge in [-0.25, -0.2) is 12.7 Å². The van der Waals surface area contributed by atoms with E-state index in [9.17, 15) is 13.2 Å². The predicted octanol–water partition coefficient (Wildman–Crippen LogP) is 0.306. The van der Waals surface area contributed by atoms with Crippen molar-refractivity contribution in [3.8, 4) is 0 Å². The molecule has 2 rings (SSSR count). The van der Waals surface area contributed by atoms with Crippen LogP contribution in [0.3, 0.4) is 0 Å². The fourth-order valence-electron chi connectivity index (χ4n) is 3.11. The van der Waals surface area contributed by atoms with Gasteiger partial charge in [-0.3, -0.25) is 4.79 Å². The SMILES string of the molecule is CCCS(=O)(=O)N1CCCC(CNC(=O)C2CCCN2)C1. The van der Waals surface area contributed by atoms with Crippen LogP contribution in [0.1, 0.15) is 39.0 Å². The maximum Gasteiger partial charge on any atom is 0.237 e. The first-order chi connectivity index (χ1) is 10.0. The molecule has 2 unspecified atom stereocenters. The van der Waals surface area contributed by atoms with E-state index in [2.05, 4.69) is 10.6 Å². The van der Waals surface area contributed by atoms with E-state index in [1.807, 2.05) is 6.92 Å². The largest absolute Gasteiger partial charge is 0.354 e. The summed E-state index contributed by atoms with van der Waals surface area (Å²) < 4.78 is 25.8. The van der Waals surface area contributed by atoms with Gasteiger partial charge >= 0.3 is 0 Å². The number of nitrogens with zero attached hydrogens (tertiary/aromatic N) is 1. The average Bonchev–Trinajstić information content (AvgIpc) is 2.99. The number of amides is 1. The third kappa shape index (κ3) is 4.66. The van der Waals surface area contributed by atoms with Crippen LogP contribution in [-0.4, -0.2) is 56.6 Å². The third-order valence-corrected chi connectivity index (χ3v) is 6.32. The highest BCUT2D eigenvalue weighted by Gasteiger charge is 2.29. The fourth-order valence-corrected chi connectivity index (χ4v) is 4.73. The molecule has 0 radical (unpaired) electrons. The summed E-state index contributed by atoms with van der Waals surface area (Å²) in [7, 11) is -3.11. The predicted molar refractivity (Wildman–Crippen MR) is 82.4 cm³/mol. The monoisotopic (exact) mass is 317 g/mol. The number of carbonyl (C=O) groups is 1. The summed E-state index contributed by atoms with van der Waals surface area (Å²) in [6.07, 6.45) is 4.45. The van der Waals surface area contributed by atoms with Gasteiger partial charge in [0, 0.05) is 19.6 Å². The Hall–Kier alpha value is -0.660. The summed E-state index contributed by atoms with van der Waals surface area (Å²) in [6, 6.07) is -0.0616. The van der Waals surface area contributed by atoms with Crippen LogP contribution in [0, 0.1) is 5.92 Å². The smallest absolute Gasteiger partial charge is 0.237 e. The molecule has 0 saturated carbocycles. The number of hydrogen-bond donors (Lipinski definition) is 2. The zero-order chi connectivity index (χ0) is 15.3. The lowest BCUT2D eigenvalue weighted by Gasteiger charge is -2.32. The van der Waals surface area contributed by atoms with Crippen LogP contribution in [-0.2, 0) is 14.8 Å². The van der Waals surface area contributed by atoms with Crippen molar-refractivity contribution in [1.82, 2.24) is 14.9 Å². The first kappa shape index (κ1) is 16.7. The van der Waals surface area contributed by atoms with Crippen LogP contribution in [0.25, 0.3) is 0 Å². The molecule has 1 amide bonds. The first-order valence-corrected chi connectivity index (χ1v) is 9.62. The zero-order valence-corrected chi connectivity index (χ0v) is 13.6. The molecule has 2 saturated heterocycles. The number of piperidine rings is 1. The molecule has 2 aliphatic rings. The van der Waals surface area contributed by atoms with Crippen LogP contribution in [0.4, 0.5) is 0 Å². The van der Waals surface area contributed by atoms with Crippen LogP contribution < -0.4 is 10.6 Å². The van der Waals surface area contributed by atoms with E-state index in [1.54, 1.807) is 4.31 Å². The van der Waals surface area contributed by atoms with Crippen molar-refractivity contribution in [2.24, 2.45) is 5.92 Å². The van der Waals surface area contributed by atoms with Crippen LogP contribution >= 0.6 is 0 Å². The lowest BCUT2D eigenvalue weighted by Crippen LogP contribution is -2.47. The van der Waals surface area contributed by atoms with Crippen molar-refractivity contribution >= 4 is 15.9 Å². The van der Waals surface area contributed by atoms with Crippen LogP contribution in [0.15, 0.2) is 0 Å². The molecule has 21 heavy (non-hydrogen) atoms. The molecular weight excluding hydrogens is 290 g/mol. The summed E-state index contributed by atoms with van der Waals surface area (Å²) in [5, 5.41) is 6.15. The van der Waals surface area contributed by atoms with Gasteiger partial charge in [0.25, 0.3) is 0 Å². The second-order valence-corrected chi connectivity index (χ2v) is 8.16. The van der Waals surface area contributed by atoms with Crippen molar-refractivity contribution in [3.05, 3.63) is 0 Å². The molecular formula is C14H27N3O3S. The minimum atomic E-state index is -3.11. The Morgan fingerprint density at radius 2 is 2.14 bits per heavy atom. The lowest BCUT2D eigenvalue weighted by molar-refractivity contribution is -0.123. The zero-order valence-electron chi connectivity index (χ0n) is 12.8. The van der Waals surface area contributed by atoms with E-state index in [-0.39, 0.29) is 23.6 Å². The number of carbonyl (C=O) groups excluding carboxylic acids is 1. The van der Waals surface area contributed by atoms with Crippen molar-refractivity contribution in [2.45, 2.75) is 45.1 Å². The molecule has 2 heterocycles. The molecule has 0 aromatic rings. The van der Waals surface area contributed by atoms with Gasteiger partial charge in [0.1, 0.15) is 0 Å². The van der Waals surface area contributed by atoms with Crippen molar-refractivity contribution < 1.29 is 13.2 Å². The van der Waals surface area contributed by atoms with Gasteiger partial charge in [-0.15, -0.1) is 0 Å². The van der Waals surface area contributed by atoms with Crippen molar-refractivity contribution in [1.29, 1.82) is 0 Å². The maximum absolute atomic E-state index is 12.1. The molecule has 2 aliphatic heterocycles. The quantitative estimate of drug-likeness (QED) is 0.739. The third-order valence-electron chi connectivity index (χ3n) is 4.28. The lowest BCUT2D eigenvalue weighted by atomic mass is 9.99. The number of hydrogen-bond acceptors (Lipinski definition) is 4. The van der Waals surface area contributed by atoms with Gasteiger partial charge in [-0.1, -0.05) is 6.92 Å². The van der Waals surface area contributed by atoms with Crippen LogP contribution in [0.2, 0.25) is 0 Å². The molecule has 0 aliphatic carbocycles. The molecule has 0 aromatic heterocycles. The van der Waals surface area contributed by atoms with Gasteiger partial charge in [0.05, 0.1) is 11.8 Å². The number of nitrogens with one attached hydrogen (secondary N) is 2. The van der Waals surface area contributed by atoms with E-state index >= 15 is 0 Å².